The van der Waals surface area contributed by atoms with E-state index in [9.17, 15) is 0 Å². The topological polar surface area (TPSA) is 48.9 Å². The Morgan fingerprint density at radius 3 is 2.68 bits per heavy atom. The van der Waals surface area contributed by atoms with Crippen molar-refractivity contribution in [1.29, 1.82) is 0 Å². The first-order valence-corrected chi connectivity index (χ1v) is 9.21. The molecule has 2 rings (SSSR count). The molecular formula is C18H30ClIN4O. The van der Waals surface area contributed by atoms with Gasteiger partial charge >= 0.3 is 0 Å². The van der Waals surface area contributed by atoms with Crippen LogP contribution in [0.1, 0.15) is 31.9 Å². The van der Waals surface area contributed by atoms with Crippen LogP contribution in [-0.4, -0.2) is 56.8 Å². The van der Waals surface area contributed by atoms with Crippen LogP contribution < -0.4 is 10.6 Å². The van der Waals surface area contributed by atoms with Gasteiger partial charge in [-0.15, -0.1) is 24.0 Å². The highest BCUT2D eigenvalue weighted by atomic mass is 127. The number of nitrogens with one attached hydrogen (secondary N) is 2. The second kappa shape index (κ2) is 12.7. The molecule has 0 aromatic heterocycles. The zero-order valence-electron chi connectivity index (χ0n) is 15.1. The van der Waals surface area contributed by atoms with Crippen LogP contribution in [0.3, 0.4) is 0 Å². The van der Waals surface area contributed by atoms with Crippen molar-refractivity contribution >= 4 is 41.5 Å². The van der Waals surface area contributed by atoms with Gasteiger partial charge in [0.05, 0.1) is 25.8 Å². The maximum Gasteiger partial charge on any atom is 0.191 e. The van der Waals surface area contributed by atoms with Crippen LogP contribution in [0.2, 0.25) is 5.02 Å². The molecule has 1 aromatic rings. The van der Waals surface area contributed by atoms with Gasteiger partial charge in [-0.1, -0.05) is 30.7 Å². The molecule has 0 spiro atoms. The lowest BCUT2D eigenvalue weighted by Crippen LogP contribution is -2.42. The molecule has 1 aliphatic heterocycles. The Hall–Kier alpha value is -0.570. The van der Waals surface area contributed by atoms with Crippen LogP contribution in [-0.2, 0) is 4.74 Å². The Kier molecular flexibility index (Phi) is 11.4. The van der Waals surface area contributed by atoms with E-state index in [1.54, 1.807) is 0 Å². The third-order valence-electron chi connectivity index (χ3n) is 4.03. The Morgan fingerprint density at radius 2 is 2.04 bits per heavy atom. The molecule has 1 atom stereocenters. The molecule has 0 saturated carbocycles. The van der Waals surface area contributed by atoms with Crippen molar-refractivity contribution in [2.45, 2.75) is 26.3 Å². The van der Waals surface area contributed by atoms with Gasteiger partial charge < -0.3 is 15.4 Å². The molecular weight excluding hydrogens is 451 g/mol. The van der Waals surface area contributed by atoms with Crippen LogP contribution in [0.25, 0.3) is 0 Å². The lowest BCUT2D eigenvalue weighted by Gasteiger charge is -2.34. The minimum Gasteiger partial charge on any atom is -0.379 e. The highest BCUT2D eigenvalue weighted by Crippen LogP contribution is 2.24. The normalized spacial score (nSPS) is 16.8. The molecule has 1 saturated heterocycles. The van der Waals surface area contributed by atoms with Crippen molar-refractivity contribution in [3.05, 3.63) is 34.9 Å². The van der Waals surface area contributed by atoms with Crippen molar-refractivity contribution < 1.29 is 4.74 Å². The predicted molar refractivity (Wildman–Crippen MR) is 116 cm³/mol. The maximum absolute atomic E-state index is 6.21. The van der Waals surface area contributed by atoms with E-state index in [0.29, 0.717) is 6.54 Å². The molecule has 25 heavy (non-hydrogen) atoms. The molecule has 7 heteroatoms. The lowest BCUT2D eigenvalue weighted by atomic mass is 10.0. The second-order valence-electron chi connectivity index (χ2n) is 5.87. The maximum atomic E-state index is 6.21. The molecule has 142 valence electrons. The first-order chi connectivity index (χ1) is 11.7. The van der Waals surface area contributed by atoms with Gasteiger partial charge in [-0.25, -0.2) is 0 Å². The van der Waals surface area contributed by atoms with E-state index in [2.05, 4.69) is 35.4 Å². The number of ether oxygens (including phenoxy) is 1. The smallest absolute Gasteiger partial charge is 0.191 e. The van der Waals surface area contributed by atoms with Crippen LogP contribution in [0, 0.1) is 0 Å². The Bertz CT molecular complexity index is 524. The average Bonchev–Trinajstić information content (AvgIpc) is 2.61. The fourth-order valence-corrected chi connectivity index (χ4v) is 3.00. The molecule has 1 unspecified atom stereocenters. The van der Waals surface area contributed by atoms with Gasteiger partial charge in [-0.3, -0.25) is 9.89 Å². The van der Waals surface area contributed by atoms with Crippen molar-refractivity contribution in [2.75, 3.05) is 45.9 Å². The molecule has 5 nitrogen and oxygen atoms in total. The standard InChI is InChI=1S/C18H29ClN4O.HI/c1-3-8-21-18(20-4-2)22-14-17(23-9-11-24-12-10-23)15-6-5-7-16(19)13-15;/h5-7,13,17H,3-4,8-12,14H2,1-2H3,(H2,20,21,22);1H. The number of halogens is 2. The summed E-state index contributed by atoms with van der Waals surface area (Å²) < 4.78 is 5.50. The van der Waals surface area contributed by atoms with Crippen LogP contribution in [0.5, 0.6) is 0 Å². The third-order valence-corrected chi connectivity index (χ3v) is 4.26. The number of aliphatic imine (C=N–C) groups is 1. The van der Waals surface area contributed by atoms with E-state index in [-0.39, 0.29) is 30.0 Å². The number of nitrogens with zero attached hydrogens (tertiary/aromatic N) is 2. The summed E-state index contributed by atoms with van der Waals surface area (Å²) >= 11 is 6.21. The number of benzene rings is 1. The molecule has 0 aliphatic carbocycles. The van der Waals surface area contributed by atoms with Crippen LogP contribution in [0.4, 0.5) is 0 Å². The van der Waals surface area contributed by atoms with E-state index in [1.165, 1.54) is 5.56 Å². The van der Waals surface area contributed by atoms with Crippen molar-refractivity contribution in [3.8, 4) is 0 Å². The van der Waals surface area contributed by atoms with Gasteiger partial charge in [-0.05, 0) is 31.0 Å². The summed E-state index contributed by atoms with van der Waals surface area (Å²) in [7, 11) is 0. The SMILES string of the molecule is CCCNC(=NCC(c1cccc(Cl)c1)N1CCOCC1)NCC.I. The van der Waals surface area contributed by atoms with E-state index >= 15 is 0 Å². The molecule has 2 N–H and O–H groups in total. The highest BCUT2D eigenvalue weighted by molar-refractivity contribution is 14.0. The van der Waals surface area contributed by atoms with Gasteiger partial charge in [0, 0.05) is 31.2 Å². The summed E-state index contributed by atoms with van der Waals surface area (Å²) in [6.07, 6.45) is 1.07. The number of guanidine groups is 1. The van der Waals surface area contributed by atoms with Gasteiger partial charge in [0.1, 0.15) is 0 Å². The van der Waals surface area contributed by atoms with Crippen LogP contribution in [0.15, 0.2) is 29.3 Å². The summed E-state index contributed by atoms with van der Waals surface area (Å²) in [6, 6.07) is 8.31. The summed E-state index contributed by atoms with van der Waals surface area (Å²) in [6.45, 7) is 10.1. The minimum atomic E-state index is 0. The fraction of sp³-hybridized carbons (Fsp3) is 0.611. The fourth-order valence-electron chi connectivity index (χ4n) is 2.80. The number of hydrogen-bond donors (Lipinski definition) is 2. The van der Waals surface area contributed by atoms with E-state index < -0.39 is 0 Å². The Balaban J connectivity index is 0.00000312. The van der Waals surface area contributed by atoms with Crippen molar-refractivity contribution in [3.63, 3.8) is 0 Å². The van der Waals surface area contributed by atoms with Crippen molar-refractivity contribution in [2.24, 2.45) is 4.99 Å². The molecule has 0 amide bonds. The monoisotopic (exact) mass is 480 g/mol. The lowest BCUT2D eigenvalue weighted by molar-refractivity contribution is 0.0180. The minimum absolute atomic E-state index is 0. The summed E-state index contributed by atoms with van der Waals surface area (Å²) in [4.78, 5) is 7.23. The van der Waals surface area contributed by atoms with E-state index in [4.69, 9.17) is 21.3 Å². The first-order valence-electron chi connectivity index (χ1n) is 8.84. The van der Waals surface area contributed by atoms with Crippen LogP contribution >= 0.6 is 35.6 Å². The van der Waals surface area contributed by atoms with Gasteiger partial charge in [0.2, 0.25) is 0 Å². The van der Waals surface area contributed by atoms with Gasteiger partial charge in [0.25, 0.3) is 0 Å². The largest absolute Gasteiger partial charge is 0.379 e. The number of rotatable bonds is 7. The molecule has 1 fully saturated rings. The summed E-state index contributed by atoms with van der Waals surface area (Å²) in [5.74, 6) is 0.875. The molecule has 1 aromatic carbocycles. The van der Waals surface area contributed by atoms with Gasteiger partial charge in [-0.2, -0.15) is 0 Å². The number of morpholine rings is 1. The van der Waals surface area contributed by atoms with E-state index in [0.717, 1.165) is 56.8 Å². The number of hydrogen-bond acceptors (Lipinski definition) is 3. The molecule has 0 radical (unpaired) electrons. The second-order valence-corrected chi connectivity index (χ2v) is 6.30. The quantitative estimate of drug-likeness (QED) is 0.357. The average molecular weight is 481 g/mol. The third kappa shape index (κ3) is 7.68. The summed E-state index contributed by atoms with van der Waals surface area (Å²) in [5.41, 5.74) is 1.21. The molecule has 1 heterocycles. The predicted octanol–water partition coefficient (Wildman–Crippen LogP) is 3.30. The zero-order chi connectivity index (χ0) is 17.2. The van der Waals surface area contributed by atoms with Gasteiger partial charge in [0.15, 0.2) is 5.96 Å². The molecule has 1 aliphatic rings. The molecule has 0 bridgehead atoms. The Morgan fingerprint density at radius 1 is 1.28 bits per heavy atom. The first kappa shape index (κ1) is 22.5. The Labute approximate surface area is 173 Å². The van der Waals surface area contributed by atoms with Crippen molar-refractivity contribution in [1.82, 2.24) is 15.5 Å². The van der Waals surface area contributed by atoms with E-state index in [1.807, 2.05) is 18.2 Å². The highest BCUT2D eigenvalue weighted by Gasteiger charge is 2.22. The zero-order valence-corrected chi connectivity index (χ0v) is 18.2. The summed E-state index contributed by atoms with van der Waals surface area (Å²) in [5, 5.41) is 7.44.